The van der Waals surface area contributed by atoms with Crippen LogP contribution in [0.1, 0.15) is 15.9 Å². The van der Waals surface area contributed by atoms with E-state index in [0.29, 0.717) is 22.6 Å². The number of hydrogen-bond donors (Lipinski definition) is 0. The molecule has 0 saturated carbocycles. The molecule has 0 aliphatic carbocycles. The largest absolute Gasteiger partial charge is 0.454 e. The molecular weight excluding hydrogens is 222 g/mol. The fourth-order valence-corrected chi connectivity index (χ4v) is 1.48. The van der Waals surface area contributed by atoms with E-state index in [9.17, 15) is 4.79 Å². The first-order valence-electron chi connectivity index (χ1n) is 4.91. The van der Waals surface area contributed by atoms with Crippen LogP contribution < -0.4 is 9.47 Å². The van der Waals surface area contributed by atoms with Gasteiger partial charge in [-0.2, -0.15) is 0 Å². The van der Waals surface area contributed by atoms with Gasteiger partial charge < -0.3 is 9.47 Å². The molecule has 6 heteroatoms. The van der Waals surface area contributed by atoms with Crippen LogP contribution >= 0.6 is 0 Å². The number of carbonyl (C=O) groups is 1. The SMILES string of the molecule is [N-]=[N+]=NCC=Cc1cc2c(cc1C=O)OCO2. The van der Waals surface area contributed by atoms with Crippen LogP contribution in [0.3, 0.4) is 0 Å². The third-order valence-corrected chi connectivity index (χ3v) is 2.25. The predicted molar refractivity (Wildman–Crippen MR) is 61.0 cm³/mol. The number of carbonyl (C=O) groups excluding carboxylic acids is 1. The molecule has 1 heterocycles. The monoisotopic (exact) mass is 231 g/mol. The highest BCUT2D eigenvalue weighted by Gasteiger charge is 2.15. The number of hydrogen-bond acceptors (Lipinski definition) is 4. The fraction of sp³-hybridized carbons (Fsp3) is 0.182. The van der Waals surface area contributed by atoms with Gasteiger partial charge >= 0.3 is 0 Å². The molecule has 0 fully saturated rings. The molecule has 0 amide bonds. The topological polar surface area (TPSA) is 84.3 Å². The van der Waals surface area contributed by atoms with Crippen molar-refractivity contribution in [3.63, 3.8) is 0 Å². The van der Waals surface area contributed by atoms with Crippen LogP contribution in [0.15, 0.2) is 23.3 Å². The van der Waals surface area contributed by atoms with Crippen LogP contribution in [-0.4, -0.2) is 19.6 Å². The highest BCUT2D eigenvalue weighted by Crippen LogP contribution is 2.34. The third-order valence-electron chi connectivity index (χ3n) is 2.25. The van der Waals surface area contributed by atoms with Crippen LogP contribution in [0.2, 0.25) is 0 Å². The van der Waals surface area contributed by atoms with Crippen molar-refractivity contribution in [2.24, 2.45) is 5.11 Å². The number of aldehydes is 1. The van der Waals surface area contributed by atoms with Gasteiger partial charge in [-0.05, 0) is 23.2 Å². The molecule has 86 valence electrons. The first kappa shape index (κ1) is 11.0. The molecule has 0 saturated heterocycles. The van der Waals surface area contributed by atoms with Gasteiger partial charge in [-0.15, -0.1) is 0 Å². The van der Waals surface area contributed by atoms with Crippen molar-refractivity contribution in [2.45, 2.75) is 0 Å². The summed E-state index contributed by atoms with van der Waals surface area (Å²) in [5.41, 5.74) is 9.33. The lowest BCUT2D eigenvalue weighted by atomic mass is 10.1. The molecule has 1 aromatic carbocycles. The van der Waals surface area contributed by atoms with Gasteiger partial charge in [0.25, 0.3) is 0 Å². The molecule has 0 aromatic heterocycles. The van der Waals surface area contributed by atoms with E-state index in [1.807, 2.05) is 0 Å². The summed E-state index contributed by atoms with van der Waals surface area (Å²) in [6.07, 6.45) is 4.12. The maximum Gasteiger partial charge on any atom is 0.231 e. The minimum absolute atomic E-state index is 0.166. The number of ether oxygens (including phenoxy) is 2. The zero-order valence-electron chi connectivity index (χ0n) is 8.87. The van der Waals surface area contributed by atoms with Crippen molar-refractivity contribution in [2.75, 3.05) is 13.3 Å². The molecule has 1 aliphatic rings. The number of rotatable bonds is 4. The highest BCUT2D eigenvalue weighted by molar-refractivity contribution is 5.83. The minimum Gasteiger partial charge on any atom is -0.454 e. The Hall–Kier alpha value is -2.46. The molecule has 1 aliphatic heterocycles. The summed E-state index contributed by atoms with van der Waals surface area (Å²) in [5, 5.41) is 3.36. The number of nitrogens with zero attached hydrogens (tertiary/aromatic N) is 3. The molecule has 0 spiro atoms. The summed E-state index contributed by atoms with van der Waals surface area (Å²) in [5.74, 6) is 1.18. The highest BCUT2D eigenvalue weighted by atomic mass is 16.7. The second kappa shape index (κ2) is 5.05. The van der Waals surface area contributed by atoms with Gasteiger partial charge in [0.15, 0.2) is 17.8 Å². The van der Waals surface area contributed by atoms with Crippen LogP contribution in [0.4, 0.5) is 0 Å². The van der Waals surface area contributed by atoms with E-state index in [4.69, 9.17) is 15.0 Å². The van der Waals surface area contributed by atoms with E-state index in [0.717, 1.165) is 6.29 Å². The minimum atomic E-state index is 0.166. The summed E-state index contributed by atoms with van der Waals surface area (Å²) in [4.78, 5) is 13.5. The van der Waals surface area contributed by atoms with Crippen LogP contribution in [0.5, 0.6) is 11.5 Å². The van der Waals surface area contributed by atoms with E-state index in [1.165, 1.54) is 0 Å². The summed E-state index contributed by atoms with van der Waals surface area (Å²) in [7, 11) is 0. The van der Waals surface area contributed by atoms with Gasteiger partial charge in [-0.25, -0.2) is 0 Å². The first-order chi connectivity index (χ1) is 8.35. The lowest BCUT2D eigenvalue weighted by Gasteiger charge is -2.01. The van der Waals surface area contributed by atoms with Crippen LogP contribution in [0.25, 0.3) is 16.5 Å². The smallest absolute Gasteiger partial charge is 0.231 e. The van der Waals surface area contributed by atoms with Crippen molar-refractivity contribution in [3.8, 4) is 11.5 Å². The molecule has 0 unspecified atom stereocenters. The van der Waals surface area contributed by atoms with Gasteiger partial charge in [-0.1, -0.05) is 17.3 Å². The maximum atomic E-state index is 10.9. The van der Waals surface area contributed by atoms with Crippen molar-refractivity contribution < 1.29 is 14.3 Å². The Labute approximate surface area is 97.1 Å². The van der Waals surface area contributed by atoms with Gasteiger partial charge in [0.1, 0.15) is 0 Å². The predicted octanol–water partition coefficient (Wildman–Crippen LogP) is 2.55. The standard InChI is InChI=1S/C11H9N3O3/c12-14-13-3-1-2-8-4-10-11(17-7-16-10)5-9(8)6-15/h1-2,4-6H,3,7H2. The van der Waals surface area contributed by atoms with Crippen molar-refractivity contribution >= 4 is 12.4 Å². The fourth-order valence-electron chi connectivity index (χ4n) is 1.48. The molecule has 0 atom stereocenters. The summed E-state index contributed by atoms with van der Waals surface area (Å²) >= 11 is 0. The molecule has 2 rings (SSSR count). The van der Waals surface area contributed by atoms with Crippen molar-refractivity contribution in [3.05, 3.63) is 39.8 Å². The molecule has 17 heavy (non-hydrogen) atoms. The molecular formula is C11H9N3O3. The maximum absolute atomic E-state index is 10.9. The lowest BCUT2D eigenvalue weighted by Crippen LogP contribution is -1.92. The Morgan fingerprint density at radius 3 is 2.71 bits per heavy atom. The zero-order chi connectivity index (χ0) is 12.1. The number of azide groups is 1. The van der Waals surface area contributed by atoms with Crippen LogP contribution in [0, 0.1) is 0 Å². The summed E-state index contributed by atoms with van der Waals surface area (Å²) < 4.78 is 10.4. The molecule has 0 N–H and O–H groups in total. The number of fused-ring (bicyclic) bond motifs is 1. The average molecular weight is 231 g/mol. The Bertz CT molecular complexity index is 519. The second-order valence-corrected chi connectivity index (χ2v) is 3.27. The van der Waals surface area contributed by atoms with E-state index in [-0.39, 0.29) is 13.3 Å². The Kier molecular flexibility index (Phi) is 3.28. The van der Waals surface area contributed by atoms with Crippen molar-refractivity contribution in [1.82, 2.24) is 0 Å². The second-order valence-electron chi connectivity index (χ2n) is 3.27. The molecule has 0 bridgehead atoms. The lowest BCUT2D eigenvalue weighted by molar-refractivity contribution is 0.112. The molecule has 6 nitrogen and oxygen atoms in total. The van der Waals surface area contributed by atoms with E-state index < -0.39 is 0 Å². The van der Waals surface area contributed by atoms with Gasteiger partial charge in [0.05, 0.1) is 0 Å². The third kappa shape index (κ3) is 2.38. The Morgan fingerprint density at radius 1 is 1.35 bits per heavy atom. The Balaban J connectivity index is 2.29. The zero-order valence-corrected chi connectivity index (χ0v) is 8.87. The molecule has 1 aromatic rings. The summed E-state index contributed by atoms with van der Waals surface area (Å²) in [6, 6.07) is 3.35. The van der Waals surface area contributed by atoms with Gasteiger partial charge in [-0.3, -0.25) is 4.79 Å². The van der Waals surface area contributed by atoms with Crippen molar-refractivity contribution in [1.29, 1.82) is 0 Å². The van der Waals surface area contributed by atoms with Crippen LogP contribution in [-0.2, 0) is 0 Å². The van der Waals surface area contributed by atoms with E-state index in [1.54, 1.807) is 24.3 Å². The summed E-state index contributed by atoms with van der Waals surface area (Å²) in [6.45, 7) is 0.406. The van der Waals surface area contributed by atoms with Gasteiger partial charge in [0, 0.05) is 17.0 Å². The first-order valence-corrected chi connectivity index (χ1v) is 4.91. The Morgan fingerprint density at radius 2 is 2.06 bits per heavy atom. The normalized spacial score (nSPS) is 12.5. The molecule has 0 radical (unpaired) electrons. The average Bonchev–Trinajstić information content (AvgIpc) is 2.80. The number of benzene rings is 1. The quantitative estimate of drug-likeness (QED) is 0.345. The van der Waals surface area contributed by atoms with Gasteiger partial charge in [0.2, 0.25) is 6.79 Å². The van der Waals surface area contributed by atoms with E-state index >= 15 is 0 Å². The van der Waals surface area contributed by atoms with E-state index in [2.05, 4.69) is 10.0 Å².